The van der Waals surface area contributed by atoms with E-state index in [9.17, 15) is 0 Å². The molecule has 0 aliphatic carbocycles. The maximum absolute atomic E-state index is 6.06. The molecule has 0 unspecified atom stereocenters. The Morgan fingerprint density at radius 3 is 2.29 bits per heavy atom. The molecule has 0 radical (unpaired) electrons. The first kappa shape index (κ1) is 17.2. The second-order valence-corrected chi connectivity index (χ2v) is 6.88. The summed E-state index contributed by atoms with van der Waals surface area (Å²) in [5, 5.41) is 2.96. The fourth-order valence-electron chi connectivity index (χ4n) is 3.06. The molecule has 24 heavy (non-hydrogen) atoms. The molecule has 2 nitrogen and oxygen atoms in total. The zero-order valence-electron chi connectivity index (χ0n) is 13.3. The van der Waals surface area contributed by atoms with E-state index in [2.05, 4.69) is 64.6 Å². The summed E-state index contributed by atoms with van der Waals surface area (Å²) in [5.74, 6) is 0. The van der Waals surface area contributed by atoms with Gasteiger partial charge >= 0.3 is 4.96 Å². The predicted molar refractivity (Wildman–Crippen MR) is 96.7 cm³/mol. The molecule has 4 aromatic rings. The average Bonchev–Trinajstić information content (AvgIpc) is 3.06. The van der Waals surface area contributed by atoms with Gasteiger partial charge in [-0.25, -0.2) is 0 Å². The molecule has 5 heteroatoms. The number of aryl methyl sites for hydroxylation is 1. The summed E-state index contributed by atoms with van der Waals surface area (Å²) in [6, 6.07) is 18.6. The highest BCUT2D eigenvalue weighted by Gasteiger charge is 2.27. The van der Waals surface area contributed by atoms with Crippen molar-refractivity contribution >= 4 is 27.9 Å². The van der Waals surface area contributed by atoms with E-state index in [4.69, 9.17) is 11.6 Å². The molecular formula is C19H16BrClN2S. The van der Waals surface area contributed by atoms with Crippen LogP contribution in [0.4, 0.5) is 0 Å². The zero-order valence-corrected chi connectivity index (χ0v) is 16.5. The molecule has 122 valence electrons. The number of thiazole rings is 1. The number of aromatic nitrogens is 2. The van der Waals surface area contributed by atoms with Crippen LogP contribution in [-0.2, 0) is 0 Å². The van der Waals surface area contributed by atoms with Gasteiger partial charge in [0.2, 0.25) is 0 Å². The number of fused-ring (bicyclic) bond motifs is 1. The van der Waals surface area contributed by atoms with Gasteiger partial charge in [0.15, 0.2) is 11.4 Å². The van der Waals surface area contributed by atoms with Crippen molar-refractivity contribution in [2.45, 2.75) is 13.8 Å². The van der Waals surface area contributed by atoms with E-state index in [1.807, 2.05) is 18.2 Å². The topological polar surface area (TPSA) is 8.29 Å². The first-order chi connectivity index (χ1) is 11.2. The van der Waals surface area contributed by atoms with Crippen LogP contribution in [0.3, 0.4) is 0 Å². The molecule has 0 aliphatic heterocycles. The lowest BCUT2D eigenvalue weighted by atomic mass is 10.1. The van der Waals surface area contributed by atoms with Gasteiger partial charge in [-0.05, 0) is 43.3 Å². The van der Waals surface area contributed by atoms with Gasteiger partial charge in [0.1, 0.15) is 11.4 Å². The Labute approximate surface area is 160 Å². The Hall–Kier alpha value is -1.62. The van der Waals surface area contributed by atoms with Crippen molar-refractivity contribution < 1.29 is 21.5 Å². The number of imidazole rings is 1. The highest BCUT2D eigenvalue weighted by atomic mass is 79.9. The van der Waals surface area contributed by atoms with Crippen molar-refractivity contribution in [3.05, 3.63) is 76.4 Å². The lowest BCUT2D eigenvalue weighted by Crippen LogP contribution is -3.00. The first-order valence-corrected chi connectivity index (χ1v) is 8.75. The van der Waals surface area contributed by atoms with Crippen LogP contribution in [0.25, 0.3) is 21.9 Å². The van der Waals surface area contributed by atoms with Gasteiger partial charge in [-0.1, -0.05) is 41.1 Å². The van der Waals surface area contributed by atoms with Crippen molar-refractivity contribution in [3.63, 3.8) is 0 Å². The molecule has 0 fully saturated rings. The Kier molecular flexibility index (Phi) is 4.81. The molecule has 4 rings (SSSR count). The normalized spacial score (nSPS) is 10.8. The van der Waals surface area contributed by atoms with Gasteiger partial charge in [0.25, 0.3) is 0 Å². The minimum Gasteiger partial charge on any atom is -1.00 e. The SMILES string of the molecule is Cc1csc2n1c(-c1ccc(Cl)cc1)c(C)[n+]2-c1ccccc1.[Br-]. The highest BCUT2D eigenvalue weighted by Crippen LogP contribution is 2.29. The standard InChI is InChI=1S/C19H16ClN2S.BrH/c1-13-12-23-19-21(13)18(15-8-10-16(20)11-9-15)14(2)22(19)17-6-4-3-5-7-17;/h3-12H,1-2H3;1H/q+1;/p-1. The van der Waals surface area contributed by atoms with E-state index >= 15 is 0 Å². The second-order valence-electron chi connectivity index (χ2n) is 5.61. The number of hydrogen-bond donors (Lipinski definition) is 0. The van der Waals surface area contributed by atoms with Crippen LogP contribution >= 0.6 is 22.9 Å². The number of nitrogens with zero attached hydrogens (tertiary/aromatic N) is 2. The quantitative estimate of drug-likeness (QED) is 0.440. The fraction of sp³-hybridized carbons (Fsp3) is 0.105. The number of benzene rings is 2. The van der Waals surface area contributed by atoms with Crippen LogP contribution in [-0.4, -0.2) is 4.40 Å². The predicted octanol–water partition coefficient (Wildman–Crippen LogP) is 2.22. The maximum Gasteiger partial charge on any atom is 0.351 e. The van der Waals surface area contributed by atoms with Crippen molar-refractivity contribution in [2.75, 3.05) is 0 Å². The van der Waals surface area contributed by atoms with Gasteiger partial charge in [0.05, 0.1) is 0 Å². The largest absolute Gasteiger partial charge is 1.00 e. The van der Waals surface area contributed by atoms with Crippen molar-refractivity contribution in [1.29, 1.82) is 0 Å². The van der Waals surface area contributed by atoms with E-state index in [1.165, 1.54) is 33.3 Å². The molecule has 0 saturated heterocycles. The third-order valence-electron chi connectivity index (χ3n) is 4.10. The lowest BCUT2D eigenvalue weighted by Gasteiger charge is -2.00. The van der Waals surface area contributed by atoms with E-state index < -0.39 is 0 Å². The molecule has 0 atom stereocenters. The zero-order chi connectivity index (χ0) is 16.0. The molecule has 0 amide bonds. The number of para-hydroxylation sites is 1. The summed E-state index contributed by atoms with van der Waals surface area (Å²) < 4.78 is 4.65. The second kappa shape index (κ2) is 6.71. The minimum atomic E-state index is 0. The van der Waals surface area contributed by atoms with Crippen LogP contribution in [0, 0.1) is 13.8 Å². The van der Waals surface area contributed by atoms with Gasteiger partial charge in [-0.3, -0.25) is 0 Å². The van der Waals surface area contributed by atoms with Crippen molar-refractivity contribution in [3.8, 4) is 16.9 Å². The summed E-state index contributed by atoms with van der Waals surface area (Å²) in [4.78, 5) is 1.22. The van der Waals surface area contributed by atoms with Crippen LogP contribution in [0.5, 0.6) is 0 Å². The van der Waals surface area contributed by atoms with Crippen LogP contribution in [0.1, 0.15) is 11.4 Å². The summed E-state index contributed by atoms with van der Waals surface area (Å²) in [5.41, 5.74) is 6.06. The monoisotopic (exact) mass is 418 g/mol. The lowest BCUT2D eigenvalue weighted by molar-refractivity contribution is -0.571. The third kappa shape index (κ3) is 2.69. The van der Waals surface area contributed by atoms with E-state index in [0.29, 0.717) is 0 Å². The fourth-order valence-corrected chi connectivity index (χ4v) is 4.25. The van der Waals surface area contributed by atoms with Crippen LogP contribution < -0.4 is 21.5 Å². The van der Waals surface area contributed by atoms with Crippen LogP contribution in [0.15, 0.2) is 60.0 Å². The number of halogens is 2. The maximum atomic E-state index is 6.06. The van der Waals surface area contributed by atoms with E-state index in [0.717, 1.165) is 5.02 Å². The van der Waals surface area contributed by atoms with E-state index in [-0.39, 0.29) is 17.0 Å². The summed E-state index contributed by atoms with van der Waals surface area (Å²) >= 11 is 7.83. The summed E-state index contributed by atoms with van der Waals surface area (Å²) in [7, 11) is 0. The highest BCUT2D eigenvalue weighted by molar-refractivity contribution is 7.14. The van der Waals surface area contributed by atoms with Gasteiger partial charge in [0, 0.05) is 22.9 Å². The Morgan fingerprint density at radius 1 is 0.958 bits per heavy atom. The molecule has 2 aromatic heterocycles. The molecule has 0 spiro atoms. The molecule has 0 aliphatic rings. The Bertz CT molecular complexity index is 988. The molecule has 0 N–H and O–H groups in total. The Balaban J connectivity index is 0.00000169. The number of rotatable bonds is 2. The Morgan fingerprint density at radius 2 is 1.62 bits per heavy atom. The molecular weight excluding hydrogens is 404 g/mol. The third-order valence-corrected chi connectivity index (χ3v) is 5.39. The van der Waals surface area contributed by atoms with E-state index in [1.54, 1.807) is 11.3 Å². The molecule has 2 aromatic carbocycles. The molecule has 0 saturated carbocycles. The molecule has 2 heterocycles. The van der Waals surface area contributed by atoms with Crippen molar-refractivity contribution in [2.24, 2.45) is 0 Å². The van der Waals surface area contributed by atoms with Gasteiger partial charge in [-0.2, -0.15) is 8.97 Å². The smallest absolute Gasteiger partial charge is 0.351 e. The average molecular weight is 420 g/mol. The van der Waals surface area contributed by atoms with Gasteiger partial charge < -0.3 is 17.0 Å². The molecule has 0 bridgehead atoms. The van der Waals surface area contributed by atoms with Crippen LogP contribution in [0.2, 0.25) is 5.02 Å². The van der Waals surface area contributed by atoms with Gasteiger partial charge in [-0.15, -0.1) is 0 Å². The number of hydrogen-bond acceptors (Lipinski definition) is 1. The van der Waals surface area contributed by atoms with Crippen molar-refractivity contribution in [1.82, 2.24) is 4.40 Å². The first-order valence-electron chi connectivity index (χ1n) is 7.49. The minimum absolute atomic E-state index is 0. The summed E-state index contributed by atoms with van der Waals surface area (Å²) in [6.07, 6.45) is 0. The summed E-state index contributed by atoms with van der Waals surface area (Å²) in [6.45, 7) is 4.33.